The minimum atomic E-state index is -0.302. The third kappa shape index (κ3) is 2.90. The van der Waals surface area contributed by atoms with Crippen LogP contribution >= 0.6 is 0 Å². The standard InChI is InChI=1S/C22H19NO3/c1-2-25-22(24)21-18-10-6-7-11-19(18)23-14-17(12-13-20(21)23)26-15-16-8-4-3-5-9-16/h3-14H,2,15H2,1H3. The van der Waals surface area contributed by atoms with Crippen LogP contribution in [0.25, 0.3) is 16.4 Å². The van der Waals surface area contributed by atoms with Gasteiger partial charge >= 0.3 is 5.97 Å². The predicted octanol–water partition coefficient (Wildman–Crippen LogP) is 4.85. The van der Waals surface area contributed by atoms with E-state index in [0.717, 1.165) is 27.7 Å². The fourth-order valence-electron chi connectivity index (χ4n) is 3.16. The molecule has 0 bridgehead atoms. The topological polar surface area (TPSA) is 39.9 Å². The highest BCUT2D eigenvalue weighted by Crippen LogP contribution is 2.29. The van der Waals surface area contributed by atoms with Crippen LogP contribution in [0.4, 0.5) is 0 Å². The van der Waals surface area contributed by atoms with Gasteiger partial charge in [-0.15, -0.1) is 0 Å². The fraction of sp³-hybridized carbons (Fsp3) is 0.136. The molecule has 4 rings (SSSR count). The first-order valence-corrected chi connectivity index (χ1v) is 8.64. The van der Waals surface area contributed by atoms with Gasteiger partial charge in [-0.3, -0.25) is 0 Å². The number of carbonyl (C=O) groups is 1. The van der Waals surface area contributed by atoms with Gasteiger partial charge in [-0.25, -0.2) is 4.79 Å². The van der Waals surface area contributed by atoms with E-state index in [2.05, 4.69) is 0 Å². The maximum absolute atomic E-state index is 12.5. The molecule has 0 spiro atoms. The number of rotatable bonds is 5. The zero-order valence-corrected chi connectivity index (χ0v) is 14.5. The Morgan fingerprint density at radius 1 is 0.923 bits per heavy atom. The largest absolute Gasteiger partial charge is 0.487 e. The van der Waals surface area contributed by atoms with Crippen LogP contribution in [0, 0.1) is 0 Å². The van der Waals surface area contributed by atoms with Gasteiger partial charge in [0.1, 0.15) is 12.4 Å². The summed E-state index contributed by atoms with van der Waals surface area (Å²) in [5, 5.41) is 0.881. The van der Waals surface area contributed by atoms with Crippen LogP contribution in [0.1, 0.15) is 22.8 Å². The molecule has 0 unspecified atom stereocenters. The van der Waals surface area contributed by atoms with Gasteiger partial charge in [0.15, 0.2) is 0 Å². The number of aromatic nitrogens is 1. The van der Waals surface area contributed by atoms with E-state index < -0.39 is 0 Å². The van der Waals surface area contributed by atoms with E-state index in [1.807, 2.05) is 84.3 Å². The lowest BCUT2D eigenvalue weighted by molar-refractivity contribution is 0.0531. The molecular weight excluding hydrogens is 326 g/mol. The van der Waals surface area contributed by atoms with Gasteiger partial charge in [-0.2, -0.15) is 0 Å². The monoisotopic (exact) mass is 345 g/mol. The van der Waals surface area contributed by atoms with E-state index in [1.165, 1.54) is 0 Å². The maximum Gasteiger partial charge on any atom is 0.340 e. The number of hydrogen-bond acceptors (Lipinski definition) is 3. The Kier molecular flexibility index (Phi) is 4.32. The number of ether oxygens (including phenoxy) is 2. The second kappa shape index (κ2) is 6.92. The van der Waals surface area contributed by atoms with Crippen LogP contribution in [0.3, 0.4) is 0 Å². The lowest BCUT2D eigenvalue weighted by Gasteiger charge is -2.08. The first-order chi connectivity index (χ1) is 12.8. The molecule has 0 atom stereocenters. The third-order valence-electron chi connectivity index (χ3n) is 4.34. The summed E-state index contributed by atoms with van der Waals surface area (Å²) in [4.78, 5) is 12.5. The molecule has 0 saturated carbocycles. The molecule has 0 fully saturated rings. The van der Waals surface area contributed by atoms with Gasteiger partial charge < -0.3 is 13.9 Å². The summed E-state index contributed by atoms with van der Waals surface area (Å²) in [6.45, 7) is 2.66. The molecule has 2 heterocycles. The van der Waals surface area contributed by atoms with Crippen molar-refractivity contribution < 1.29 is 14.3 Å². The Balaban J connectivity index is 1.76. The van der Waals surface area contributed by atoms with Crippen molar-refractivity contribution in [3.63, 3.8) is 0 Å². The number of pyridine rings is 1. The Labute approximate surface area is 151 Å². The molecule has 26 heavy (non-hydrogen) atoms. The van der Waals surface area contributed by atoms with Crippen molar-refractivity contribution in [3.8, 4) is 5.75 Å². The molecule has 4 aromatic rings. The van der Waals surface area contributed by atoms with Gasteiger partial charge in [-0.05, 0) is 30.7 Å². The second-order valence-corrected chi connectivity index (χ2v) is 6.01. The van der Waals surface area contributed by atoms with Gasteiger partial charge in [-0.1, -0.05) is 48.5 Å². The molecule has 0 aliphatic rings. The summed E-state index contributed by atoms with van der Waals surface area (Å²) >= 11 is 0. The van der Waals surface area contributed by atoms with Crippen molar-refractivity contribution in [2.24, 2.45) is 0 Å². The summed E-state index contributed by atoms with van der Waals surface area (Å²) < 4.78 is 13.2. The molecule has 0 radical (unpaired) electrons. The molecule has 2 aromatic carbocycles. The van der Waals surface area contributed by atoms with Crippen LogP contribution in [-0.2, 0) is 11.3 Å². The van der Waals surface area contributed by atoms with E-state index in [4.69, 9.17) is 9.47 Å². The van der Waals surface area contributed by atoms with Gasteiger partial charge in [0.25, 0.3) is 0 Å². The smallest absolute Gasteiger partial charge is 0.340 e. The Bertz CT molecular complexity index is 1070. The van der Waals surface area contributed by atoms with E-state index in [1.54, 1.807) is 0 Å². The molecule has 130 valence electrons. The van der Waals surface area contributed by atoms with Crippen LogP contribution < -0.4 is 4.74 Å². The molecule has 2 aromatic heterocycles. The number of benzene rings is 2. The number of para-hydroxylation sites is 1. The first kappa shape index (κ1) is 16.2. The van der Waals surface area contributed by atoms with Crippen molar-refractivity contribution in [1.29, 1.82) is 0 Å². The van der Waals surface area contributed by atoms with Gasteiger partial charge in [0, 0.05) is 5.39 Å². The van der Waals surface area contributed by atoms with Crippen LogP contribution in [0.15, 0.2) is 72.9 Å². The number of fused-ring (bicyclic) bond motifs is 3. The molecular formula is C22H19NO3. The highest BCUT2D eigenvalue weighted by atomic mass is 16.5. The van der Waals surface area contributed by atoms with Gasteiger partial charge in [0.2, 0.25) is 0 Å². The van der Waals surface area contributed by atoms with Crippen molar-refractivity contribution in [2.75, 3.05) is 6.61 Å². The van der Waals surface area contributed by atoms with Crippen molar-refractivity contribution in [1.82, 2.24) is 4.40 Å². The molecule has 0 aliphatic carbocycles. The average molecular weight is 345 g/mol. The lowest BCUT2D eigenvalue weighted by atomic mass is 10.1. The molecule has 0 N–H and O–H groups in total. The molecule has 0 aliphatic heterocycles. The zero-order chi connectivity index (χ0) is 17.9. The second-order valence-electron chi connectivity index (χ2n) is 6.01. The number of carbonyl (C=O) groups excluding carboxylic acids is 1. The van der Waals surface area contributed by atoms with E-state index in [9.17, 15) is 4.79 Å². The predicted molar refractivity (Wildman–Crippen MR) is 102 cm³/mol. The maximum atomic E-state index is 12.5. The molecule has 0 amide bonds. The molecule has 0 saturated heterocycles. The number of esters is 1. The van der Waals surface area contributed by atoms with Crippen molar-refractivity contribution in [2.45, 2.75) is 13.5 Å². The number of hydrogen-bond donors (Lipinski definition) is 0. The van der Waals surface area contributed by atoms with Crippen molar-refractivity contribution >= 4 is 22.4 Å². The molecule has 4 nitrogen and oxygen atoms in total. The normalized spacial score (nSPS) is 11.0. The van der Waals surface area contributed by atoms with Crippen LogP contribution in [0.2, 0.25) is 0 Å². The van der Waals surface area contributed by atoms with Crippen LogP contribution in [0.5, 0.6) is 5.75 Å². The zero-order valence-electron chi connectivity index (χ0n) is 14.5. The van der Waals surface area contributed by atoms with Crippen LogP contribution in [-0.4, -0.2) is 17.0 Å². The van der Waals surface area contributed by atoms with E-state index in [0.29, 0.717) is 18.8 Å². The first-order valence-electron chi connectivity index (χ1n) is 8.64. The van der Waals surface area contributed by atoms with Crippen molar-refractivity contribution in [3.05, 3.63) is 84.1 Å². The average Bonchev–Trinajstić information content (AvgIpc) is 3.01. The Morgan fingerprint density at radius 3 is 2.50 bits per heavy atom. The number of nitrogens with zero attached hydrogens (tertiary/aromatic N) is 1. The minimum absolute atomic E-state index is 0.302. The SMILES string of the molecule is CCOC(=O)c1c2ccccc2n2cc(OCc3ccccc3)ccc12. The highest BCUT2D eigenvalue weighted by Gasteiger charge is 2.19. The summed E-state index contributed by atoms with van der Waals surface area (Å²) in [6, 6.07) is 21.7. The Morgan fingerprint density at radius 2 is 1.69 bits per heavy atom. The Hall–Kier alpha value is -3.27. The highest BCUT2D eigenvalue weighted by molar-refractivity contribution is 6.11. The molecule has 4 heteroatoms. The van der Waals surface area contributed by atoms with Gasteiger partial charge in [0.05, 0.1) is 29.4 Å². The summed E-state index contributed by atoms with van der Waals surface area (Å²) in [5.74, 6) is 0.446. The van der Waals surface area contributed by atoms with E-state index >= 15 is 0 Å². The summed E-state index contributed by atoms with van der Waals surface area (Å²) in [7, 11) is 0. The summed E-state index contributed by atoms with van der Waals surface area (Å²) in [6.07, 6.45) is 1.92. The fourth-order valence-corrected chi connectivity index (χ4v) is 3.16. The minimum Gasteiger partial charge on any atom is -0.487 e. The lowest BCUT2D eigenvalue weighted by Crippen LogP contribution is -2.04. The van der Waals surface area contributed by atoms with E-state index in [-0.39, 0.29) is 5.97 Å². The quantitative estimate of drug-likeness (QED) is 0.486. The third-order valence-corrected chi connectivity index (χ3v) is 4.34. The summed E-state index contributed by atoms with van der Waals surface area (Å²) in [5.41, 5.74) is 3.47.